The molecule has 1 N–H and O–H groups in total. The molecule has 0 unspecified atom stereocenters. The average Bonchev–Trinajstić information content (AvgIpc) is 1.87. The highest BCUT2D eigenvalue weighted by Gasteiger charge is 2.36. The van der Waals surface area contributed by atoms with E-state index in [2.05, 4.69) is 11.4 Å². The van der Waals surface area contributed by atoms with E-state index in [1.165, 1.54) is 0 Å². The molecule has 0 bridgehead atoms. The number of carbonyl (C=O) groups is 1. The molecule has 3 heteroatoms. The largest absolute Gasteiger partial charge is 0.313 e. The fraction of sp³-hybridized carbons (Fsp3) is 0.714. The number of nitriles is 1. The molecule has 10 heavy (non-hydrogen) atoms. The zero-order valence-corrected chi connectivity index (χ0v) is 5.76. The summed E-state index contributed by atoms with van der Waals surface area (Å²) >= 11 is 0. The number of aldehydes is 1. The van der Waals surface area contributed by atoms with E-state index in [9.17, 15) is 4.79 Å². The number of nitrogens with one attached hydrogen (secondary N) is 1. The Hall–Kier alpha value is -0.880. The fourth-order valence-electron chi connectivity index (χ4n) is 1.07. The van der Waals surface area contributed by atoms with Gasteiger partial charge in [0.1, 0.15) is 6.29 Å². The molecule has 0 aromatic rings. The molecule has 54 valence electrons. The topological polar surface area (TPSA) is 52.9 Å². The molecular formula is C7H10N2O. The maximum atomic E-state index is 9.98. The van der Waals surface area contributed by atoms with Crippen LogP contribution in [0.5, 0.6) is 0 Å². The van der Waals surface area contributed by atoms with E-state index >= 15 is 0 Å². The second-order valence-electron chi connectivity index (χ2n) is 2.70. The molecule has 1 rings (SSSR count). The first-order valence-electron chi connectivity index (χ1n) is 3.39. The minimum absolute atomic E-state index is 0.221. The molecule has 0 radical (unpaired) electrons. The van der Waals surface area contributed by atoms with Gasteiger partial charge in [0.2, 0.25) is 0 Å². The van der Waals surface area contributed by atoms with Gasteiger partial charge in [-0.2, -0.15) is 5.26 Å². The van der Waals surface area contributed by atoms with Crippen LogP contribution in [0.4, 0.5) is 0 Å². The predicted molar refractivity (Wildman–Crippen MR) is 36.2 cm³/mol. The van der Waals surface area contributed by atoms with E-state index in [0.717, 1.165) is 19.4 Å². The number of nitrogens with zero attached hydrogens (tertiary/aromatic N) is 1. The van der Waals surface area contributed by atoms with Gasteiger partial charge in [-0.1, -0.05) is 0 Å². The minimum Gasteiger partial charge on any atom is -0.313 e. The van der Waals surface area contributed by atoms with Crippen molar-refractivity contribution in [2.75, 3.05) is 13.1 Å². The Morgan fingerprint density at radius 2 is 2.40 bits per heavy atom. The lowest BCUT2D eigenvalue weighted by molar-refractivity contribution is -0.108. The van der Waals surface area contributed by atoms with Crippen molar-refractivity contribution in [3.63, 3.8) is 0 Å². The van der Waals surface area contributed by atoms with Crippen molar-refractivity contribution >= 4 is 6.29 Å². The lowest BCUT2D eigenvalue weighted by Crippen LogP contribution is -2.52. The van der Waals surface area contributed by atoms with Crippen molar-refractivity contribution in [1.82, 2.24) is 5.32 Å². The minimum atomic E-state index is -0.221. The molecule has 1 fully saturated rings. The van der Waals surface area contributed by atoms with Gasteiger partial charge in [0.25, 0.3) is 0 Å². The average molecular weight is 138 g/mol. The van der Waals surface area contributed by atoms with Crippen LogP contribution in [0.25, 0.3) is 0 Å². The number of rotatable bonds is 3. The highest BCUT2D eigenvalue weighted by atomic mass is 16.1. The Labute approximate surface area is 60.0 Å². The second kappa shape index (κ2) is 2.80. The third kappa shape index (κ3) is 1.17. The molecule has 1 heterocycles. The van der Waals surface area contributed by atoms with E-state index in [1.54, 1.807) is 0 Å². The standard InChI is InChI=1S/C7H10N2O/c8-4-7(2-1-3-10)5-9-6-7/h3,9H,1-2,5-6H2. The van der Waals surface area contributed by atoms with Gasteiger partial charge in [0, 0.05) is 19.5 Å². The SMILES string of the molecule is N#CC1(CCC=O)CNC1. The first kappa shape index (κ1) is 7.23. The highest BCUT2D eigenvalue weighted by Crippen LogP contribution is 2.26. The molecule has 0 amide bonds. The van der Waals surface area contributed by atoms with Gasteiger partial charge in [0.15, 0.2) is 0 Å². The van der Waals surface area contributed by atoms with Crippen LogP contribution in [0.1, 0.15) is 12.8 Å². The van der Waals surface area contributed by atoms with Crippen molar-refractivity contribution in [3.05, 3.63) is 0 Å². The third-order valence-electron chi connectivity index (χ3n) is 1.90. The van der Waals surface area contributed by atoms with Crippen LogP contribution in [0.3, 0.4) is 0 Å². The van der Waals surface area contributed by atoms with Crippen LogP contribution in [0.2, 0.25) is 0 Å². The van der Waals surface area contributed by atoms with Crippen LogP contribution < -0.4 is 5.32 Å². The zero-order chi connectivity index (χ0) is 7.45. The summed E-state index contributed by atoms with van der Waals surface area (Å²) in [5.74, 6) is 0. The maximum absolute atomic E-state index is 9.98. The lowest BCUT2D eigenvalue weighted by Gasteiger charge is -2.35. The summed E-state index contributed by atoms with van der Waals surface area (Å²) in [6, 6.07) is 2.23. The number of carbonyl (C=O) groups excluding carboxylic acids is 1. The van der Waals surface area contributed by atoms with Crippen molar-refractivity contribution < 1.29 is 4.79 Å². The molecule has 0 atom stereocenters. The monoisotopic (exact) mass is 138 g/mol. The number of hydrogen-bond acceptors (Lipinski definition) is 3. The summed E-state index contributed by atoms with van der Waals surface area (Å²) in [5, 5.41) is 11.7. The van der Waals surface area contributed by atoms with E-state index in [4.69, 9.17) is 5.26 Å². The van der Waals surface area contributed by atoms with Crippen molar-refractivity contribution in [1.29, 1.82) is 5.26 Å². The van der Waals surface area contributed by atoms with Crippen LogP contribution in [-0.2, 0) is 4.79 Å². The third-order valence-corrected chi connectivity index (χ3v) is 1.90. The van der Waals surface area contributed by atoms with Crippen molar-refractivity contribution in [2.24, 2.45) is 5.41 Å². The summed E-state index contributed by atoms with van der Waals surface area (Å²) in [6.07, 6.45) is 2.09. The van der Waals surface area contributed by atoms with Crippen LogP contribution in [0, 0.1) is 16.7 Å². The summed E-state index contributed by atoms with van der Waals surface area (Å²) in [6.45, 7) is 1.49. The maximum Gasteiger partial charge on any atom is 0.120 e. The Kier molecular flexibility index (Phi) is 2.03. The molecule has 1 aliphatic rings. The van der Waals surface area contributed by atoms with E-state index in [-0.39, 0.29) is 5.41 Å². The molecule has 0 aromatic heterocycles. The van der Waals surface area contributed by atoms with Gasteiger partial charge in [-0.15, -0.1) is 0 Å². The van der Waals surface area contributed by atoms with Gasteiger partial charge in [-0.25, -0.2) is 0 Å². The zero-order valence-electron chi connectivity index (χ0n) is 5.76. The van der Waals surface area contributed by atoms with E-state index < -0.39 is 0 Å². The Balaban J connectivity index is 2.35. The van der Waals surface area contributed by atoms with Crippen LogP contribution in [0.15, 0.2) is 0 Å². The summed E-state index contributed by atoms with van der Waals surface area (Å²) < 4.78 is 0. The second-order valence-corrected chi connectivity index (χ2v) is 2.70. The molecular weight excluding hydrogens is 128 g/mol. The predicted octanol–water partition coefficient (Wildman–Crippen LogP) is 0.0787. The van der Waals surface area contributed by atoms with Crippen molar-refractivity contribution in [2.45, 2.75) is 12.8 Å². The molecule has 0 aromatic carbocycles. The van der Waals surface area contributed by atoms with Gasteiger partial charge in [-0.3, -0.25) is 0 Å². The smallest absolute Gasteiger partial charge is 0.120 e. The van der Waals surface area contributed by atoms with E-state index in [1.807, 2.05) is 0 Å². The van der Waals surface area contributed by atoms with Crippen LogP contribution >= 0.6 is 0 Å². The molecule has 1 aliphatic heterocycles. The molecule has 0 spiro atoms. The Morgan fingerprint density at radius 3 is 2.70 bits per heavy atom. The Morgan fingerprint density at radius 1 is 1.70 bits per heavy atom. The summed E-state index contributed by atoms with van der Waals surface area (Å²) in [5.41, 5.74) is -0.221. The first-order chi connectivity index (χ1) is 4.83. The van der Waals surface area contributed by atoms with E-state index in [0.29, 0.717) is 12.8 Å². The first-order valence-corrected chi connectivity index (χ1v) is 3.39. The van der Waals surface area contributed by atoms with Crippen LogP contribution in [-0.4, -0.2) is 19.4 Å². The van der Waals surface area contributed by atoms with Crippen molar-refractivity contribution in [3.8, 4) is 6.07 Å². The van der Waals surface area contributed by atoms with Gasteiger partial charge in [0.05, 0.1) is 11.5 Å². The summed E-state index contributed by atoms with van der Waals surface area (Å²) in [7, 11) is 0. The van der Waals surface area contributed by atoms with Gasteiger partial charge < -0.3 is 10.1 Å². The highest BCUT2D eigenvalue weighted by molar-refractivity contribution is 5.49. The van der Waals surface area contributed by atoms with Gasteiger partial charge in [-0.05, 0) is 6.42 Å². The molecule has 1 saturated heterocycles. The quantitative estimate of drug-likeness (QED) is 0.562. The summed E-state index contributed by atoms with van der Waals surface area (Å²) in [4.78, 5) is 9.98. The fourth-order valence-corrected chi connectivity index (χ4v) is 1.07. The number of hydrogen-bond donors (Lipinski definition) is 1. The molecule has 0 aliphatic carbocycles. The lowest BCUT2D eigenvalue weighted by atomic mass is 9.79. The molecule has 0 saturated carbocycles. The van der Waals surface area contributed by atoms with Gasteiger partial charge >= 0.3 is 0 Å². The Bertz CT molecular complexity index is 167. The normalized spacial score (nSPS) is 20.7. The molecule has 3 nitrogen and oxygen atoms in total.